The lowest BCUT2D eigenvalue weighted by Gasteiger charge is -2.38. The zero-order chi connectivity index (χ0) is 16.7. The third-order valence-electron chi connectivity index (χ3n) is 4.68. The van der Waals surface area contributed by atoms with Crippen molar-refractivity contribution in [2.45, 2.75) is 45.5 Å². The summed E-state index contributed by atoms with van der Waals surface area (Å²) < 4.78 is 13.7. The first-order chi connectivity index (χ1) is 11.5. The minimum absolute atomic E-state index is 0.186. The molecule has 24 heavy (non-hydrogen) atoms. The van der Waals surface area contributed by atoms with Crippen LogP contribution in [0.15, 0.2) is 18.5 Å². The topological polar surface area (TPSA) is 65.3 Å². The van der Waals surface area contributed by atoms with Gasteiger partial charge < -0.3 is 14.4 Å². The highest BCUT2D eigenvalue weighted by atomic mass is 16.7. The average Bonchev–Trinajstić information content (AvgIpc) is 3.10. The molecule has 0 N–H and O–H groups in total. The summed E-state index contributed by atoms with van der Waals surface area (Å²) in [5.74, 6) is 1.23. The molecule has 2 fully saturated rings. The second-order valence-electron chi connectivity index (χ2n) is 6.71. The second-order valence-corrected chi connectivity index (χ2v) is 6.71. The number of piperidine rings is 1. The van der Waals surface area contributed by atoms with E-state index in [1.165, 1.54) is 0 Å². The Bertz CT molecular complexity index is 736. The summed E-state index contributed by atoms with van der Waals surface area (Å²) in [6.45, 7) is 8.45. The Morgan fingerprint density at radius 1 is 1.17 bits per heavy atom. The first-order valence-corrected chi connectivity index (χ1v) is 8.47. The Kier molecular flexibility index (Phi) is 3.77. The maximum absolute atomic E-state index is 5.99. The minimum Gasteiger partial charge on any atom is -0.355 e. The van der Waals surface area contributed by atoms with Crippen molar-refractivity contribution in [2.24, 2.45) is 0 Å². The molecule has 0 amide bonds. The highest BCUT2D eigenvalue weighted by Gasteiger charge is 2.42. The SMILES string of the molecule is Cc1cc(C)n(-c2cncc(N3CCC4(CC3)OCC(C)O4)n2)n1. The third kappa shape index (κ3) is 2.78. The molecule has 1 atom stereocenters. The van der Waals surface area contributed by atoms with Gasteiger partial charge in [-0.3, -0.25) is 4.98 Å². The molecule has 128 valence electrons. The Balaban J connectivity index is 1.52. The van der Waals surface area contributed by atoms with Gasteiger partial charge in [-0.2, -0.15) is 5.10 Å². The van der Waals surface area contributed by atoms with Crippen LogP contribution in [0.1, 0.15) is 31.2 Å². The van der Waals surface area contributed by atoms with E-state index in [-0.39, 0.29) is 6.10 Å². The van der Waals surface area contributed by atoms with Gasteiger partial charge in [-0.1, -0.05) is 0 Å². The predicted molar refractivity (Wildman–Crippen MR) is 89.3 cm³/mol. The molecule has 2 aliphatic heterocycles. The van der Waals surface area contributed by atoms with Gasteiger partial charge in [0.1, 0.15) is 5.82 Å². The Morgan fingerprint density at radius 2 is 1.92 bits per heavy atom. The molecule has 2 aliphatic rings. The summed E-state index contributed by atoms with van der Waals surface area (Å²) in [6, 6.07) is 2.04. The summed E-state index contributed by atoms with van der Waals surface area (Å²) in [6.07, 6.45) is 5.45. The van der Waals surface area contributed by atoms with Crippen LogP contribution < -0.4 is 4.90 Å². The van der Waals surface area contributed by atoms with Crippen LogP contribution in [0.3, 0.4) is 0 Å². The Morgan fingerprint density at radius 3 is 2.54 bits per heavy atom. The number of hydrogen-bond acceptors (Lipinski definition) is 6. The largest absolute Gasteiger partial charge is 0.355 e. The molecule has 2 saturated heterocycles. The van der Waals surface area contributed by atoms with Crippen LogP contribution in [0.4, 0.5) is 5.82 Å². The van der Waals surface area contributed by atoms with E-state index in [1.807, 2.05) is 30.8 Å². The summed E-state index contributed by atoms with van der Waals surface area (Å²) in [5, 5.41) is 4.49. The van der Waals surface area contributed by atoms with Gasteiger partial charge >= 0.3 is 0 Å². The van der Waals surface area contributed by atoms with Crippen molar-refractivity contribution < 1.29 is 9.47 Å². The van der Waals surface area contributed by atoms with Gasteiger partial charge in [-0.05, 0) is 26.8 Å². The van der Waals surface area contributed by atoms with Gasteiger partial charge in [-0.25, -0.2) is 9.67 Å². The van der Waals surface area contributed by atoms with Crippen molar-refractivity contribution in [3.8, 4) is 5.82 Å². The number of aromatic nitrogens is 4. The van der Waals surface area contributed by atoms with Crippen molar-refractivity contribution in [1.29, 1.82) is 0 Å². The number of hydrogen-bond donors (Lipinski definition) is 0. The fourth-order valence-electron chi connectivity index (χ4n) is 3.50. The predicted octanol–water partition coefficient (Wildman–Crippen LogP) is 2.01. The zero-order valence-corrected chi connectivity index (χ0v) is 14.4. The van der Waals surface area contributed by atoms with E-state index < -0.39 is 5.79 Å². The van der Waals surface area contributed by atoms with Gasteiger partial charge in [-0.15, -0.1) is 0 Å². The Hall–Kier alpha value is -1.99. The molecule has 0 bridgehead atoms. The van der Waals surface area contributed by atoms with Crippen molar-refractivity contribution in [3.05, 3.63) is 29.8 Å². The lowest BCUT2D eigenvalue weighted by molar-refractivity contribution is -0.178. The third-order valence-corrected chi connectivity index (χ3v) is 4.68. The highest BCUT2D eigenvalue weighted by Crippen LogP contribution is 2.35. The van der Waals surface area contributed by atoms with Crippen LogP contribution >= 0.6 is 0 Å². The van der Waals surface area contributed by atoms with Crippen molar-refractivity contribution in [2.75, 3.05) is 24.6 Å². The van der Waals surface area contributed by atoms with Gasteiger partial charge in [0.05, 0.1) is 30.8 Å². The standard InChI is InChI=1S/C17H23N5O2/c1-12-8-13(2)22(20-12)16-10-18-9-15(19-16)21-6-4-17(5-7-21)23-11-14(3)24-17/h8-10,14H,4-7,11H2,1-3H3. The molecule has 1 unspecified atom stereocenters. The normalized spacial score (nSPS) is 23.1. The smallest absolute Gasteiger partial charge is 0.174 e. The first kappa shape index (κ1) is 15.5. The fourth-order valence-corrected chi connectivity index (χ4v) is 3.50. The van der Waals surface area contributed by atoms with Gasteiger partial charge in [0.15, 0.2) is 11.6 Å². The lowest BCUT2D eigenvalue weighted by Crippen LogP contribution is -2.45. The number of nitrogens with zero attached hydrogens (tertiary/aromatic N) is 5. The molecule has 7 nitrogen and oxygen atoms in total. The van der Waals surface area contributed by atoms with Crippen LogP contribution in [0.5, 0.6) is 0 Å². The number of ether oxygens (including phenoxy) is 2. The van der Waals surface area contributed by atoms with E-state index in [0.717, 1.165) is 49.0 Å². The van der Waals surface area contributed by atoms with E-state index in [2.05, 4.69) is 21.9 Å². The van der Waals surface area contributed by atoms with E-state index >= 15 is 0 Å². The molecule has 2 aromatic heterocycles. The molecule has 0 saturated carbocycles. The highest BCUT2D eigenvalue weighted by molar-refractivity contribution is 5.40. The fraction of sp³-hybridized carbons (Fsp3) is 0.588. The number of anilines is 1. The van der Waals surface area contributed by atoms with E-state index in [4.69, 9.17) is 14.5 Å². The summed E-state index contributed by atoms with van der Waals surface area (Å²) in [4.78, 5) is 11.4. The molecule has 0 aliphatic carbocycles. The van der Waals surface area contributed by atoms with Crippen molar-refractivity contribution in [1.82, 2.24) is 19.7 Å². The van der Waals surface area contributed by atoms with Gasteiger partial charge in [0, 0.05) is 31.6 Å². The van der Waals surface area contributed by atoms with Crippen LogP contribution in [-0.2, 0) is 9.47 Å². The summed E-state index contributed by atoms with van der Waals surface area (Å²) >= 11 is 0. The Labute approximate surface area is 141 Å². The molecule has 0 radical (unpaired) electrons. The first-order valence-electron chi connectivity index (χ1n) is 8.47. The van der Waals surface area contributed by atoms with Crippen LogP contribution in [0, 0.1) is 13.8 Å². The van der Waals surface area contributed by atoms with Gasteiger partial charge in [0.2, 0.25) is 0 Å². The molecule has 2 aromatic rings. The molecule has 1 spiro atoms. The molecular formula is C17H23N5O2. The second kappa shape index (κ2) is 5.82. The van der Waals surface area contributed by atoms with Crippen LogP contribution in [0.25, 0.3) is 5.82 Å². The molecule has 4 rings (SSSR count). The van der Waals surface area contributed by atoms with Crippen LogP contribution in [-0.4, -0.2) is 51.3 Å². The molecule has 4 heterocycles. The monoisotopic (exact) mass is 329 g/mol. The van der Waals surface area contributed by atoms with E-state index in [9.17, 15) is 0 Å². The quantitative estimate of drug-likeness (QED) is 0.840. The lowest BCUT2D eigenvalue weighted by atomic mass is 10.0. The number of rotatable bonds is 2. The van der Waals surface area contributed by atoms with Crippen molar-refractivity contribution >= 4 is 5.82 Å². The molecule has 7 heteroatoms. The molecule has 0 aromatic carbocycles. The van der Waals surface area contributed by atoms with Crippen molar-refractivity contribution in [3.63, 3.8) is 0 Å². The minimum atomic E-state index is -0.392. The maximum Gasteiger partial charge on any atom is 0.174 e. The average molecular weight is 329 g/mol. The number of aryl methyl sites for hydroxylation is 2. The van der Waals surface area contributed by atoms with E-state index in [1.54, 1.807) is 6.20 Å². The molecular weight excluding hydrogens is 306 g/mol. The van der Waals surface area contributed by atoms with Gasteiger partial charge in [0.25, 0.3) is 0 Å². The zero-order valence-electron chi connectivity index (χ0n) is 14.4. The summed E-state index contributed by atoms with van der Waals surface area (Å²) in [5.41, 5.74) is 2.03. The maximum atomic E-state index is 5.99. The van der Waals surface area contributed by atoms with E-state index in [0.29, 0.717) is 6.61 Å². The van der Waals surface area contributed by atoms with Crippen LogP contribution in [0.2, 0.25) is 0 Å². The summed E-state index contributed by atoms with van der Waals surface area (Å²) in [7, 11) is 0.